The van der Waals surface area contributed by atoms with E-state index in [9.17, 15) is 0 Å². The van der Waals surface area contributed by atoms with Crippen LogP contribution in [0.4, 0.5) is 0 Å². The van der Waals surface area contributed by atoms with Gasteiger partial charge in [-0.2, -0.15) is 4.98 Å². The fourth-order valence-corrected chi connectivity index (χ4v) is 2.40. The molecule has 0 saturated heterocycles. The summed E-state index contributed by atoms with van der Waals surface area (Å²) < 4.78 is 11.5. The molecule has 1 fully saturated rings. The number of aromatic nitrogens is 1. The molecule has 0 bridgehead atoms. The molecule has 2 heterocycles. The van der Waals surface area contributed by atoms with Crippen molar-refractivity contribution >= 4 is 0 Å². The topological polar surface area (TPSA) is 43.4 Å². The lowest BCUT2D eigenvalue weighted by molar-refractivity contribution is 0.198. The van der Waals surface area contributed by atoms with Crippen molar-refractivity contribution < 1.29 is 9.47 Å². The van der Waals surface area contributed by atoms with Gasteiger partial charge < -0.3 is 14.8 Å². The van der Waals surface area contributed by atoms with Crippen molar-refractivity contribution in [3.63, 3.8) is 0 Å². The van der Waals surface area contributed by atoms with Crippen LogP contribution in [-0.2, 0) is 6.54 Å². The Labute approximate surface area is 101 Å². The third-order valence-electron chi connectivity index (χ3n) is 3.34. The highest BCUT2D eigenvalue weighted by molar-refractivity contribution is 5.31. The second-order valence-corrected chi connectivity index (χ2v) is 4.66. The van der Waals surface area contributed by atoms with E-state index in [0.717, 1.165) is 37.4 Å². The Bertz CT molecular complexity index is 389. The molecule has 1 aliphatic heterocycles. The number of hydrogen-bond acceptors (Lipinski definition) is 4. The molecular formula is C13H18N2O2. The van der Waals surface area contributed by atoms with E-state index in [-0.39, 0.29) is 0 Å². The van der Waals surface area contributed by atoms with Crippen molar-refractivity contribution in [3.05, 3.63) is 17.7 Å². The summed E-state index contributed by atoms with van der Waals surface area (Å²) in [5, 5.41) is 3.29. The Morgan fingerprint density at radius 3 is 3.06 bits per heavy atom. The average Bonchev–Trinajstić information content (AvgIpc) is 2.73. The Kier molecular flexibility index (Phi) is 3.14. The molecule has 0 aromatic carbocycles. The van der Waals surface area contributed by atoms with Gasteiger partial charge in [0.1, 0.15) is 12.7 Å². The molecule has 0 atom stereocenters. The van der Waals surface area contributed by atoms with E-state index >= 15 is 0 Å². The second-order valence-electron chi connectivity index (χ2n) is 4.66. The van der Waals surface area contributed by atoms with Crippen LogP contribution in [0.1, 0.15) is 31.2 Å². The fraction of sp³-hybridized carbons (Fsp3) is 0.615. The van der Waals surface area contributed by atoms with Crippen molar-refractivity contribution in [3.8, 4) is 11.8 Å². The number of nitrogens with one attached hydrogen (secondary N) is 1. The highest BCUT2D eigenvalue weighted by atomic mass is 16.5. The Morgan fingerprint density at radius 2 is 2.18 bits per heavy atom. The predicted octanol–water partition coefficient (Wildman–Crippen LogP) is 1.89. The van der Waals surface area contributed by atoms with E-state index in [1.54, 1.807) is 0 Å². The number of hydrogen-bond donors (Lipinski definition) is 1. The van der Waals surface area contributed by atoms with Crippen LogP contribution in [0.15, 0.2) is 12.1 Å². The van der Waals surface area contributed by atoms with Crippen molar-refractivity contribution in [2.75, 3.05) is 13.2 Å². The summed E-state index contributed by atoms with van der Waals surface area (Å²) in [6, 6.07) is 4.00. The maximum atomic E-state index is 5.87. The van der Waals surface area contributed by atoms with Gasteiger partial charge in [0.2, 0.25) is 11.8 Å². The zero-order valence-electron chi connectivity index (χ0n) is 9.95. The zero-order valence-corrected chi connectivity index (χ0v) is 9.95. The highest BCUT2D eigenvalue weighted by Crippen LogP contribution is 2.26. The molecule has 1 aromatic rings. The van der Waals surface area contributed by atoms with Crippen LogP contribution in [0.2, 0.25) is 0 Å². The molecule has 0 spiro atoms. The van der Waals surface area contributed by atoms with E-state index in [1.807, 2.05) is 12.1 Å². The van der Waals surface area contributed by atoms with Crippen LogP contribution < -0.4 is 14.8 Å². The van der Waals surface area contributed by atoms with Crippen LogP contribution in [0.5, 0.6) is 11.8 Å². The van der Waals surface area contributed by atoms with Gasteiger partial charge in [-0.05, 0) is 31.7 Å². The minimum atomic E-state index is 0.351. The first-order valence-electron chi connectivity index (χ1n) is 6.42. The summed E-state index contributed by atoms with van der Waals surface area (Å²) in [5.74, 6) is 1.43. The van der Waals surface area contributed by atoms with Crippen LogP contribution >= 0.6 is 0 Å². The SMILES string of the molecule is c1cc2c(nc1OC1CCCC1)OCCNC2. The van der Waals surface area contributed by atoms with E-state index in [1.165, 1.54) is 12.8 Å². The monoisotopic (exact) mass is 234 g/mol. The van der Waals surface area contributed by atoms with Gasteiger partial charge in [-0.15, -0.1) is 0 Å². The summed E-state index contributed by atoms with van der Waals surface area (Å²) in [4.78, 5) is 4.45. The molecule has 3 rings (SSSR count). The van der Waals surface area contributed by atoms with Gasteiger partial charge in [0.05, 0.1) is 0 Å². The number of pyridine rings is 1. The molecule has 1 aromatic heterocycles. The molecule has 0 amide bonds. The van der Waals surface area contributed by atoms with Crippen molar-refractivity contribution in [2.45, 2.75) is 38.3 Å². The first-order valence-corrected chi connectivity index (χ1v) is 6.42. The molecule has 4 nitrogen and oxygen atoms in total. The molecule has 4 heteroatoms. The second kappa shape index (κ2) is 4.92. The summed E-state index contributed by atoms with van der Waals surface area (Å²) in [5.41, 5.74) is 1.11. The zero-order chi connectivity index (χ0) is 11.5. The number of ether oxygens (including phenoxy) is 2. The Morgan fingerprint density at radius 1 is 1.29 bits per heavy atom. The first-order chi connectivity index (χ1) is 8.42. The van der Waals surface area contributed by atoms with Gasteiger partial charge in [-0.25, -0.2) is 0 Å². The smallest absolute Gasteiger partial charge is 0.221 e. The van der Waals surface area contributed by atoms with E-state index in [0.29, 0.717) is 18.6 Å². The maximum absolute atomic E-state index is 5.87. The molecule has 1 aliphatic carbocycles. The third kappa shape index (κ3) is 2.52. The highest BCUT2D eigenvalue weighted by Gasteiger charge is 2.18. The minimum Gasteiger partial charge on any atom is -0.476 e. The van der Waals surface area contributed by atoms with Gasteiger partial charge in [-0.3, -0.25) is 0 Å². The normalized spacial score (nSPS) is 20.5. The van der Waals surface area contributed by atoms with Crippen LogP contribution in [0, 0.1) is 0 Å². The molecule has 92 valence electrons. The lowest BCUT2D eigenvalue weighted by Gasteiger charge is -2.13. The standard InChI is InChI=1S/C13H18N2O2/c1-2-4-11(3-1)17-12-6-5-10-9-14-7-8-16-13(10)15-12/h5-6,11,14H,1-4,7-9H2. The number of rotatable bonds is 2. The lowest BCUT2D eigenvalue weighted by Crippen LogP contribution is -2.16. The lowest BCUT2D eigenvalue weighted by atomic mass is 10.2. The first kappa shape index (κ1) is 10.8. The van der Waals surface area contributed by atoms with Gasteiger partial charge in [0, 0.05) is 24.7 Å². The largest absolute Gasteiger partial charge is 0.476 e. The van der Waals surface area contributed by atoms with Gasteiger partial charge in [-0.1, -0.05) is 0 Å². The Balaban J connectivity index is 1.74. The van der Waals surface area contributed by atoms with Gasteiger partial charge >= 0.3 is 0 Å². The van der Waals surface area contributed by atoms with Crippen LogP contribution in [0.3, 0.4) is 0 Å². The summed E-state index contributed by atoms with van der Waals surface area (Å²) in [7, 11) is 0. The molecular weight excluding hydrogens is 216 g/mol. The van der Waals surface area contributed by atoms with Gasteiger partial charge in [0.15, 0.2) is 0 Å². The van der Waals surface area contributed by atoms with Crippen LogP contribution in [-0.4, -0.2) is 24.2 Å². The molecule has 17 heavy (non-hydrogen) atoms. The fourth-order valence-electron chi connectivity index (χ4n) is 2.40. The number of nitrogens with zero attached hydrogens (tertiary/aromatic N) is 1. The summed E-state index contributed by atoms with van der Waals surface area (Å²) >= 11 is 0. The average molecular weight is 234 g/mol. The molecule has 1 saturated carbocycles. The summed E-state index contributed by atoms with van der Waals surface area (Å²) in [6.45, 7) is 2.37. The molecule has 0 unspecified atom stereocenters. The predicted molar refractivity (Wildman–Crippen MR) is 64.3 cm³/mol. The van der Waals surface area contributed by atoms with E-state index in [2.05, 4.69) is 10.3 Å². The van der Waals surface area contributed by atoms with Crippen molar-refractivity contribution in [1.29, 1.82) is 0 Å². The Hall–Kier alpha value is -1.29. The van der Waals surface area contributed by atoms with Crippen molar-refractivity contribution in [1.82, 2.24) is 10.3 Å². The number of fused-ring (bicyclic) bond motifs is 1. The quantitative estimate of drug-likeness (QED) is 0.848. The maximum Gasteiger partial charge on any atom is 0.221 e. The molecule has 0 radical (unpaired) electrons. The minimum absolute atomic E-state index is 0.351. The third-order valence-corrected chi connectivity index (χ3v) is 3.34. The van der Waals surface area contributed by atoms with Crippen molar-refractivity contribution in [2.24, 2.45) is 0 Å². The van der Waals surface area contributed by atoms with Crippen LogP contribution in [0.25, 0.3) is 0 Å². The van der Waals surface area contributed by atoms with E-state index in [4.69, 9.17) is 9.47 Å². The molecule has 2 aliphatic rings. The summed E-state index contributed by atoms with van der Waals surface area (Å²) in [6.07, 6.45) is 5.21. The molecule has 1 N–H and O–H groups in total. The van der Waals surface area contributed by atoms with E-state index < -0.39 is 0 Å². The van der Waals surface area contributed by atoms with Gasteiger partial charge in [0.25, 0.3) is 0 Å².